The largest absolute Gasteiger partial charge is 0.489 e. The lowest BCUT2D eigenvalue weighted by molar-refractivity contribution is -0.137. The average Bonchev–Trinajstić information content (AvgIpc) is 2.57. The molecule has 23 heavy (non-hydrogen) atoms. The maximum absolute atomic E-state index is 11.4. The van der Waals surface area contributed by atoms with Crippen LogP contribution in [0.25, 0.3) is 6.08 Å². The summed E-state index contributed by atoms with van der Waals surface area (Å²) < 4.78 is 5.71. The van der Waals surface area contributed by atoms with Gasteiger partial charge in [-0.2, -0.15) is 0 Å². The summed E-state index contributed by atoms with van der Waals surface area (Å²) in [5.41, 5.74) is 1.86. The van der Waals surface area contributed by atoms with E-state index >= 15 is 0 Å². The van der Waals surface area contributed by atoms with Gasteiger partial charge in [0.15, 0.2) is 0 Å². The Kier molecular flexibility index (Phi) is 5.94. The minimum absolute atomic E-state index is 0.399. The molecule has 0 aliphatic carbocycles. The van der Waals surface area contributed by atoms with E-state index in [9.17, 15) is 9.59 Å². The topological polar surface area (TPSA) is 75.6 Å². The molecule has 2 aromatic carbocycles. The van der Waals surface area contributed by atoms with E-state index in [4.69, 9.17) is 9.84 Å². The molecule has 2 aromatic rings. The van der Waals surface area contributed by atoms with Gasteiger partial charge in [-0.15, -0.1) is 0 Å². The molecular weight excluding hydrogens is 294 g/mol. The second kappa shape index (κ2) is 8.38. The molecule has 0 aliphatic rings. The van der Waals surface area contributed by atoms with Crippen molar-refractivity contribution in [1.82, 2.24) is 5.32 Å². The molecule has 0 saturated heterocycles. The van der Waals surface area contributed by atoms with E-state index in [1.54, 1.807) is 6.08 Å². The van der Waals surface area contributed by atoms with Gasteiger partial charge in [0.1, 0.15) is 18.9 Å². The van der Waals surface area contributed by atoms with E-state index in [1.807, 2.05) is 54.6 Å². The van der Waals surface area contributed by atoms with Crippen LogP contribution in [0.5, 0.6) is 5.75 Å². The number of nitrogens with one attached hydrogen (secondary N) is 1. The lowest BCUT2D eigenvalue weighted by atomic mass is 10.2. The normalized spacial score (nSPS) is 10.4. The number of ether oxygens (including phenoxy) is 1. The molecule has 0 heterocycles. The second-order valence-electron chi connectivity index (χ2n) is 4.79. The molecule has 5 heteroatoms. The van der Waals surface area contributed by atoms with Crippen LogP contribution in [-0.2, 0) is 16.2 Å². The maximum Gasteiger partial charge on any atom is 0.322 e. The van der Waals surface area contributed by atoms with Gasteiger partial charge in [-0.1, -0.05) is 42.5 Å². The third-order valence-corrected chi connectivity index (χ3v) is 2.95. The molecule has 2 N–H and O–H groups in total. The smallest absolute Gasteiger partial charge is 0.322 e. The Morgan fingerprint density at radius 1 is 1.09 bits per heavy atom. The van der Waals surface area contributed by atoms with Gasteiger partial charge >= 0.3 is 5.97 Å². The van der Waals surface area contributed by atoms with Gasteiger partial charge in [0, 0.05) is 6.08 Å². The molecule has 0 fully saturated rings. The fraction of sp³-hybridized carbons (Fsp3) is 0.111. The van der Waals surface area contributed by atoms with Crippen molar-refractivity contribution in [3.8, 4) is 5.75 Å². The van der Waals surface area contributed by atoms with Crippen LogP contribution in [0.3, 0.4) is 0 Å². The summed E-state index contributed by atoms with van der Waals surface area (Å²) in [5, 5.41) is 10.7. The van der Waals surface area contributed by atoms with Crippen molar-refractivity contribution in [3.05, 3.63) is 71.8 Å². The van der Waals surface area contributed by atoms with Gasteiger partial charge in [-0.05, 0) is 29.3 Å². The van der Waals surface area contributed by atoms with Crippen LogP contribution in [0.2, 0.25) is 0 Å². The van der Waals surface area contributed by atoms with Crippen LogP contribution >= 0.6 is 0 Å². The van der Waals surface area contributed by atoms with Crippen molar-refractivity contribution in [2.24, 2.45) is 0 Å². The van der Waals surface area contributed by atoms with Crippen LogP contribution < -0.4 is 10.1 Å². The maximum atomic E-state index is 11.4. The minimum atomic E-state index is -1.08. The highest BCUT2D eigenvalue weighted by Gasteiger charge is 2.00. The number of rotatable bonds is 7. The first-order chi connectivity index (χ1) is 11.1. The van der Waals surface area contributed by atoms with Crippen LogP contribution in [0, 0.1) is 0 Å². The number of carboxylic acid groups (broad SMARTS) is 1. The minimum Gasteiger partial charge on any atom is -0.489 e. The molecule has 0 atom stereocenters. The van der Waals surface area contributed by atoms with Gasteiger partial charge in [-0.3, -0.25) is 9.59 Å². The highest BCUT2D eigenvalue weighted by Crippen LogP contribution is 2.16. The number of hydrogen-bond acceptors (Lipinski definition) is 3. The van der Waals surface area contributed by atoms with Gasteiger partial charge < -0.3 is 15.2 Å². The van der Waals surface area contributed by atoms with Crippen molar-refractivity contribution in [2.45, 2.75) is 6.61 Å². The molecule has 0 saturated carbocycles. The van der Waals surface area contributed by atoms with Crippen molar-refractivity contribution in [1.29, 1.82) is 0 Å². The summed E-state index contributed by atoms with van der Waals surface area (Å²) in [6.07, 6.45) is 2.89. The Morgan fingerprint density at radius 3 is 2.61 bits per heavy atom. The van der Waals surface area contributed by atoms with E-state index in [-0.39, 0.29) is 0 Å². The lowest BCUT2D eigenvalue weighted by Gasteiger charge is -2.06. The van der Waals surface area contributed by atoms with Crippen LogP contribution in [-0.4, -0.2) is 23.5 Å². The van der Waals surface area contributed by atoms with Crippen LogP contribution in [0.1, 0.15) is 11.1 Å². The Morgan fingerprint density at radius 2 is 1.87 bits per heavy atom. The van der Waals surface area contributed by atoms with E-state index in [0.29, 0.717) is 12.4 Å². The van der Waals surface area contributed by atoms with E-state index in [1.165, 1.54) is 6.08 Å². The second-order valence-corrected chi connectivity index (χ2v) is 4.79. The first-order valence-electron chi connectivity index (χ1n) is 7.08. The van der Waals surface area contributed by atoms with Gasteiger partial charge in [0.25, 0.3) is 0 Å². The molecule has 118 valence electrons. The Bertz CT molecular complexity index is 695. The molecule has 0 aromatic heterocycles. The summed E-state index contributed by atoms with van der Waals surface area (Å²) in [4.78, 5) is 21.8. The lowest BCUT2D eigenvalue weighted by Crippen LogP contribution is -2.27. The van der Waals surface area contributed by atoms with Crippen LogP contribution in [0.4, 0.5) is 0 Å². The number of benzene rings is 2. The molecule has 0 spiro atoms. The van der Waals surface area contributed by atoms with Crippen molar-refractivity contribution >= 4 is 18.0 Å². The number of carboxylic acids is 1. The zero-order valence-electron chi connectivity index (χ0n) is 12.4. The third-order valence-electron chi connectivity index (χ3n) is 2.95. The Labute approximate surface area is 134 Å². The molecular formula is C18H17NO4. The molecule has 1 amide bonds. The Hall–Kier alpha value is -3.08. The Balaban J connectivity index is 1.91. The predicted octanol–water partition coefficient (Wildman–Crippen LogP) is 2.48. The van der Waals surface area contributed by atoms with E-state index in [2.05, 4.69) is 5.32 Å². The summed E-state index contributed by atoms with van der Waals surface area (Å²) in [6.45, 7) is 0.0660. The molecule has 5 nitrogen and oxygen atoms in total. The highest BCUT2D eigenvalue weighted by atomic mass is 16.5. The van der Waals surface area contributed by atoms with Crippen molar-refractivity contribution in [3.63, 3.8) is 0 Å². The highest BCUT2D eigenvalue weighted by molar-refractivity contribution is 5.93. The molecule has 2 rings (SSSR count). The monoisotopic (exact) mass is 311 g/mol. The number of carbonyl (C=O) groups excluding carboxylic acids is 1. The average molecular weight is 311 g/mol. The SMILES string of the molecule is O=C(O)CNC(=O)C=Cc1cccc(OCc2ccccc2)c1. The first kappa shape index (κ1) is 16.3. The molecule has 0 aliphatic heterocycles. The van der Waals surface area contributed by atoms with Gasteiger partial charge in [0.05, 0.1) is 0 Å². The summed E-state index contributed by atoms with van der Waals surface area (Å²) in [7, 11) is 0. The quantitative estimate of drug-likeness (QED) is 0.770. The fourth-order valence-electron chi connectivity index (χ4n) is 1.84. The number of hydrogen-bond donors (Lipinski definition) is 2. The fourth-order valence-corrected chi connectivity index (χ4v) is 1.84. The summed E-state index contributed by atoms with van der Waals surface area (Å²) in [6, 6.07) is 17.1. The zero-order valence-corrected chi connectivity index (χ0v) is 12.4. The number of aliphatic carboxylic acids is 1. The molecule has 0 radical (unpaired) electrons. The van der Waals surface area contributed by atoms with E-state index in [0.717, 1.165) is 11.1 Å². The molecule has 0 bridgehead atoms. The summed E-state index contributed by atoms with van der Waals surface area (Å²) >= 11 is 0. The standard InChI is InChI=1S/C18H17NO4/c20-17(19-12-18(21)22)10-9-14-7-4-8-16(11-14)23-13-15-5-2-1-3-6-15/h1-11H,12-13H2,(H,19,20)(H,21,22). The predicted molar refractivity (Wildman–Crippen MR) is 86.9 cm³/mol. The number of amides is 1. The van der Waals surface area contributed by atoms with Crippen LogP contribution in [0.15, 0.2) is 60.7 Å². The third kappa shape index (κ3) is 6.05. The van der Waals surface area contributed by atoms with Gasteiger partial charge in [-0.25, -0.2) is 0 Å². The van der Waals surface area contributed by atoms with Crippen molar-refractivity contribution in [2.75, 3.05) is 6.54 Å². The number of carbonyl (C=O) groups is 2. The van der Waals surface area contributed by atoms with Crippen molar-refractivity contribution < 1.29 is 19.4 Å². The van der Waals surface area contributed by atoms with E-state index < -0.39 is 18.4 Å². The molecule has 0 unspecified atom stereocenters. The first-order valence-corrected chi connectivity index (χ1v) is 7.08. The summed E-state index contributed by atoms with van der Waals surface area (Å²) in [5.74, 6) is -0.840. The zero-order chi connectivity index (χ0) is 16.5. The van der Waals surface area contributed by atoms with Gasteiger partial charge in [0.2, 0.25) is 5.91 Å².